The zero-order valence-corrected chi connectivity index (χ0v) is 6.25. The first-order valence-corrected chi connectivity index (χ1v) is 3.38. The molecule has 0 aromatic carbocycles. The average molecular weight is 146 g/mol. The molecule has 1 unspecified atom stereocenters. The summed E-state index contributed by atoms with van der Waals surface area (Å²) in [5, 5.41) is 9.00. The van der Waals surface area contributed by atoms with Gasteiger partial charge in [-0.15, -0.1) is 0 Å². The summed E-state index contributed by atoms with van der Waals surface area (Å²) >= 11 is 0. The number of aliphatic hydroxyl groups excluding tert-OH is 1. The fourth-order valence-electron chi connectivity index (χ4n) is 0.484. The van der Waals surface area contributed by atoms with Crippen LogP contribution in [0.2, 0.25) is 0 Å². The second-order valence-corrected chi connectivity index (χ2v) is 1.94. The highest BCUT2D eigenvalue weighted by Gasteiger charge is 1.99. The Morgan fingerprint density at radius 3 is 2.90 bits per heavy atom. The molecule has 3 heteroatoms. The summed E-state index contributed by atoms with van der Waals surface area (Å²) < 4.78 is 0. The fourth-order valence-corrected chi connectivity index (χ4v) is 0.484. The Hall–Kier alpha value is -0.540. The van der Waals surface area contributed by atoms with Crippen LogP contribution in [-0.2, 0) is 9.78 Å². The number of aliphatic hydroxyl groups is 1. The monoisotopic (exact) mass is 146 g/mol. The van der Waals surface area contributed by atoms with E-state index in [0.29, 0.717) is 13.0 Å². The summed E-state index contributed by atoms with van der Waals surface area (Å²) in [6, 6.07) is 0. The van der Waals surface area contributed by atoms with Crippen LogP contribution in [0.4, 0.5) is 0 Å². The Morgan fingerprint density at radius 2 is 2.40 bits per heavy atom. The Bertz CT molecular complexity index is 82.9. The van der Waals surface area contributed by atoms with E-state index < -0.39 is 0 Å². The molecular formula is C7H14O3. The molecule has 0 saturated carbocycles. The van der Waals surface area contributed by atoms with Crippen LogP contribution in [0.3, 0.4) is 0 Å². The van der Waals surface area contributed by atoms with Gasteiger partial charge in [0.2, 0.25) is 0 Å². The molecule has 60 valence electrons. The van der Waals surface area contributed by atoms with Crippen molar-refractivity contribution in [1.29, 1.82) is 0 Å². The highest BCUT2D eigenvalue weighted by atomic mass is 17.2. The molecule has 0 radical (unpaired) electrons. The molecule has 0 aliphatic carbocycles. The van der Waals surface area contributed by atoms with Crippen LogP contribution in [0.25, 0.3) is 0 Å². The van der Waals surface area contributed by atoms with Gasteiger partial charge in [-0.25, -0.2) is 0 Å². The number of hydrogen-bond donors (Lipinski definition) is 1. The molecule has 0 aliphatic rings. The van der Waals surface area contributed by atoms with Gasteiger partial charge in [-0.3, -0.25) is 0 Å². The molecule has 1 atom stereocenters. The van der Waals surface area contributed by atoms with Crippen LogP contribution in [0.5, 0.6) is 0 Å². The summed E-state index contributed by atoms with van der Waals surface area (Å²) in [7, 11) is 0. The highest BCUT2D eigenvalue weighted by molar-refractivity contribution is 4.49. The van der Waals surface area contributed by atoms with Crippen molar-refractivity contribution in [2.75, 3.05) is 6.61 Å². The van der Waals surface area contributed by atoms with Crippen molar-refractivity contribution >= 4 is 0 Å². The zero-order chi connectivity index (χ0) is 7.82. The fraction of sp³-hybridized carbons (Fsp3) is 0.714. The predicted octanol–water partition coefficient (Wildman–Crippen LogP) is 1.24. The quantitative estimate of drug-likeness (QED) is 0.265. The second-order valence-electron chi connectivity index (χ2n) is 1.94. The van der Waals surface area contributed by atoms with E-state index in [1.54, 1.807) is 0 Å². The molecule has 0 aromatic rings. The van der Waals surface area contributed by atoms with Gasteiger partial charge in [-0.2, -0.15) is 4.89 Å². The second kappa shape index (κ2) is 6.58. The van der Waals surface area contributed by atoms with Gasteiger partial charge in [0, 0.05) is 6.42 Å². The zero-order valence-electron chi connectivity index (χ0n) is 6.25. The standard InChI is InChI=1S/C7H14O3/c1-3-7(8)5-6-10-9-4-2/h4,7-8H,2-3,5-6H2,1H3. The minimum Gasteiger partial charge on any atom is -0.393 e. The Balaban J connectivity index is 2.95. The normalized spacial score (nSPS) is 12.6. The van der Waals surface area contributed by atoms with Crippen molar-refractivity contribution < 1.29 is 14.9 Å². The highest BCUT2D eigenvalue weighted by Crippen LogP contribution is 1.96. The van der Waals surface area contributed by atoms with Crippen LogP contribution in [0.15, 0.2) is 12.8 Å². The lowest BCUT2D eigenvalue weighted by Gasteiger charge is -2.05. The first-order valence-electron chi connectivity index (χ1n) is 3.38. The molecule has 3 nitrogen and oxygen atoms in total. The number of hydrogen-bond acceptors (Lipinski definition) is 3. The van der Waals surface area contributed by atoms with Gasteiger partial charge < -0.3 is 9.99 Å². The van der Waals surface area contributed by atoms with Gasteiger partial charge >= 0.3 is 0 Å². The van der Waals surface area contributed by atoms with Crippen LogP contribution in [-0.4, -0.2) is 17.8 Å². The lowest BCUT2D eigenvalue weighted by molar-refractivity contribution is -0.251. The van der Waals surface area contributed by atoms with E-state index in [9.17, 15) is 0 Å². The lowest BCUT2D eigenvalue weighted by Crippen LogP contribution is -2.08. The minimum absolute atomic E-state index is 0.284. The van der Waals surface area contributed by atoms with Gasteiger partial charge in [0.15, 0.2) is 0 Å². The van der Waals surface area contributed by atoms with Crippen molar-refractivity contribution in [2.45, 2.75) is 25.9 Å². The van der Waals surface area contributed by atoms with E-state index >= 15 is 0 Å². The van der Waals surface area contributed by atoms with E-state index in [1.165, 1.54) is 6.26 Å². The van der Waals surface area contributed by atoms with Gasteiger partial charge in [0.1, 0.15) is 6.26 Å². The van der Waals surface area contributed by atoms with Crippen LogP contribution in [0, 0.1) is 0 Å². The predicted molar refractivity (Wildman–Crippen MR) is 38.1 cm³/mol. The largest absolute Gasteiger partial charge is 0.393 e. The molecule has 0 saturated heterocycles. The molecule has 0 bridgehead atoms. The Morgan fingerprint density at radius 1 is 1.70 bits per heavy atom. The first-order chi connectivity index (χ1) is 4.81. The third-order valence-electron chi connectivity index (χ3n) is 1.14. The maximum absolute atomic E-state index is 9.00. The summed E-state index contributed by atoms with van der Waals surface area (Å²) in [5.41, 5.74) is 0. The van der Waals surface area contributed by atoms with Gasteiger partial charge in [-0.1, -0.05) is 13.5 Å². The summed E-state index contributed by atoms with van der Waals surface area (Å²) in [6.45, 7) is 5.61. The average Bonchev–Trinajstić information content (AvgIpc) is 1.98. The van der Waals surface area contributed by atoms with Gasteiger partial charge in [0.25, 0.3) is 0 Å². The Kier molecular flexibility index (Phi) is 6.22. The molecule has 1 N–H and O–H groups in total. The molecule has 0 aliphatic heterocycles. The van der Waals surface area contributed by atoms with Crippen molar-refractivity contribution in [3.63, 3.8) is 0 Å². The molecule has 0 fully saturated rings. The topological polar surface area (TPSA) is 38.7 Å². The molecule has 0 heterocycles. The lowest BCUT2D eigenvalue weighted by atomic mass is 10.2. The van der Waals surface area contributed by atoms with Crippen LogP contribution >= 0.6 is 0 Å². The Labute approximate surface area is 61.2 Å². The van der Waals surface area contributed by atoms with E-state index in [1.807, 2.05) is 6.92 Å². The molecular weight excluding hydrogens is 132 g/mol. The summed E-state index contributed by atoms with van der Waals surface area (Å²) in [4.78, 5) is 8.96. The van der Waals surface area contributed by atoms with Crippen LogP contribution in [0.1, 0.15) is 19.8 Å². The van der Waals surface area contributed by atoms with Crippen molar-refractivity contribution in [3.05, 3.63) is 12.8 Å². The third-order valence-corrected chi connectivity index (χ3v) is 1.14. The molecule has 0 aromatic heterocycles. The molecule has 0 rings (SSSR count). The smallest absolute Gasteiger partial charge is 0.122 e. The van der Waals surface area contributed by atoms with Crippen molar-refractivity contribution in [1.82, 2.24) is 0 Å². The number of rotatable bonds is 6. The molecule has 0 spiro atoms. The maximum Gasteiger partial charge on any atom is 0.122 e. The van der Waals surface area contributed by atoms with Crippen molar-refractivity contribution in [3.8, 4) is 0 Å². The summed E-state index contributed by atoms with van der Waals surface area (Å²) in [6.07, 6.45) is 2.27. The van der Waals surface area contributed by atoms with Gasteiger partial charge in [0.05, 0.1) is 12.7 Å². The van der Waals surface area contributed by atoms with Crippen LogP contribution < -0.4 is 0 Å². The first kappa shape index (κ1) is 9.46. The van der Waals surface area contributed by atoms with Crippen molar-refractivity contribution in [2.24, 2.45) is 0 Å². The third kappa shape index (κ3) is 5.59. The molecule has 0 amide bonds. The van der Waals surface area contributed by atoms with E-state index in [0.717, 1.165) is 6.42 Å². The van der Waals surface area contributed by atoms with E-state index in [-0.39, 0.29) is 6.10 Å². The SMILES string of the molecule is C=COOCCC(O)CC. The van der Waals surface area contributed by atoms with E-state index in [2.05, 4.69) is 16.4 Å². The molecule has 10 heavy (non-hydrogen) atoms. The summed E-state index contributed by atoms with van der Waals surface area (Å²) in [5.74, 6) is 0. The maximum atomic E-state index is 9.00. The van der Waals surface area contributed by atoms with E-state index in [4.69, 9.17) is 5.11 Å². The van der Waals surface area contributed by atoms with Gasteiger partial charge in [-0.05, 0) is 6.42 Å². The minimum atomic E-state index is -0.284.